The fourth-order valence-corrected chi connectivity index (χ4v) is 3.01. The second kappa shape index (κ2) is 4.70. The molecule has 0 aliphatic carbocycles. The van der Waals surface area contributed by atoms with Gasteiger partial charge in [-0.05, 0) is 31.5 Å². The Kier molecular flexibility index (Phi) is 3.02. The summed E-state index contributed by atoms with van der Waals surface area (Å²) in [5, 5.41) is 11.7. The minimum atomic E-state index is -1.06. The second-order valence-corrected chi connectivity index (χ2v) is 5.10. The number of piperidine rings is 1. The Morgan fingerprint density at radius 1 is 1.53 bits per heavy atom. The topological polar surface area (TPSA) is 82.8 Å². The summed E-state index contributed by atoms with van der Waals surface area (Å²) in [6, 6.07) is 3.37. The Hall–Kier alpha value is -1.82. The highest BCUT2D eigenvalue weighted by Crippen LogP contribution is 2.28. The Labute approximate surface area is 110 Å². The molecule has 1 aromatic heterocycles. The summed E-state index contributed by atoms with van der Waals surface area (Å²) in [5.74, 6) is -0.245. The van der Waals surface area contributed by atoms with Crippen LogP contribution in [0.1, 0.15) is 29.2 Å². The summed E-state index contributed by atoms with van der Waals surface area (Å²) in [6.45, 7) is 2.15. The maximum Gasteiger partial charge on any atom is 0.371 e. The number of rotatable bonds is 3. The summed E-state index contributed by atoms with van der Waals surface area (Å²) >= 11 is 0. The zero-order valence-corrected chi connectivity index (χ0v) is 10.5. The Morgan fingerprint density at radius 3 is 3.11 bits per heavy atom. The predicted molar refractivity (Wildman–Crippen MR) is 65.6 cm³/mol. The summed E-state index contributed by atoms with van der Waals surface area (Å²) in [5.41, 5.74) is 0. The van der Waals surface area contributed by atoms with Crippen LogP contribution in [0.4, 0.5) is 0 Å². The van der Waals surface area contributed by atoms with E-state index in [9.17, 15) is 9.59 Å². The van der Waals surface area contributed by atoms with Crippen molar-refractivity contribution >= 4 is 11.9 Å². The molecule has 6 heteroatoms. The van der Waals surface area contributed by atoms with E-state index < -0.39 is 5.97 Å². The average Bonchev–Trinajstić information content (AvgIpc) is 2.98. The number of hydrogen-bond donors (Lipinski definition) is 2. The number of aromatic carboxylic acids is 1. The van der Waals surface area contributed by atoms with Gasteiger partial charge < -0.3 is 14.8 Å². The molecular weight excluding hydrogens is 248 g/mol. The van der Waals surface area contributed by atoms with Crippen LogP contribution in [0, 0.1) is 5.92 Å². The van der Waals surface area contributed by atoms with Gasteiger partial charge in [0.15, 0.2) is 0 Å². The molecule has 0 spiro atoms. The fourth-order valence-electron chi connectivity index (χ4n) is 3.01. The third-order valence-electron chi connectivity index (χ3n) is 3.95. The van der Waals surface area contributed by atoms with Crippen molar-refractivity contribution in [2.75, 3.05) is 13.1 Å². The standard InChI is InChI=1S/C13H16N2O4/c16-12-9-2-1-5-15(10(9)6-14-12)7-8-3-4-11(19-8)13(17)18/h3-4,9-10H,1-2,5-7H2,(H,14,16)(H,17,18). The third-order valence-corrected chi connectivity index (χ3v) is 3.95. The average molecular weight is 264 g/mol. The lowest BCUT2D eigenvalue weighted by molar-refractivity contribution is -0.124. The van der Waals surface area contributed by atoms with Crippen LogP contribution in [-0.2, 0) is 11.3 Å². The summed E-state index contributed by atoms with van der Waals surface area (Å²) in [4.78, 5) is 24.6. The van der Waals surface area contributed by atoms with Crippen molar-refractivity contribution in [3.05, 3.63) is 23.7 Å². The Bertz CT molecular complexity index is 510. The zero-order valence-electron chi connectivity index (χ0n) is 10.5. The molecule has 19 heavy (non-hydrogen) atoms. The minimum absolute atomic E-state index is 0.0378. The molecule has 2 saturated heterocycles. The second-order valence-electron chi connectivity index (χ2n) is 5.10. The number of carbonyl (C=O) groups is 2. The third kappa shape index (κ3) is 2.23. The molecular formula is C13H16N2O4. The number of fused-ring (bicyclic) bond motifs is 1. The van der Waals surface area contributed by atoms with E-state index in [-0.39, 0.29) is 23.6 Å². The van der Waals surface area contributed by atoms with Gasteiger partial charge in [0, 0.05) is 12.6 Å². The van der Waals surface area contributed by atoms with E-state index in [0.717, 1.165) is 19.4 Å². The van der Waals surface area contributed by atoms with E-state index >= 15 is 0 Å². The van der Waals surface area contributed by atoms with Gasteiger partial charge >= 0.3 is 5.97 Å². The van der Waals surface area contributed by atoms with Gasteiger partial charge in [0.1, 0.15) is 5.76 Å². The highest BCUT2D eigenvalue weighted by atomic mass is 16.4. The highest BCUT2D eigenvalue weighted by molar-refractivity contribution is 5.84. The number of furan rings is 1. The molecule has 0 saturated carbocycles. The van der Waals surface area contributed by atoms with Crippen LogP contribution >= 0.6 is 0 Å². The molecule has 2 aliphatic heterocycles. The quantitative estimate of drug-likeness (QED) is 0.839. The summed E-state index contributed by atoms with van der Waals surface area (Å²) in [6.07, 6.45) is 1.92. The molecule has 0 bridgehead atoms. The molecule has 0 radical (unpaired) electrons. The fraction of sp³-hybridized carbons (Fsp3) is 0.538. The van der Waals surface area contributed by atoms with Crippen molar-refractivity contribution in [1.29, 1.82) is 0 Å². The van der Waals surface area contributed by atoms with Gasteiger partial charge in [0.05, 0.1) is 12.5 Å². The van der Waals surface area contributed by atoms with Gasteiger partial charge in [0.2, 0.25) is 11.7 Å². The van der Waals surface area contributed by atoms with Crippen molar-refractivity contribution in [2.24, 2.45) is 5.92 Å². The van der Waals surface area contributed by atoms with Crippen molar-refractivity contribution in [3.8, 4) is 0 Å². The van der Waals surface area contributed by atoms with Gasteiger partial charge in [0.25, 0.3) is 0 Å². The number of nitrogens with zero attached hydrogens (tertiary/aromatic N) is 1. The lowest BCUT2D eigenvalue weighted by Gasteiger charge is -2.35. The first-order valence-corrected chi connectivity index (χ1v) is 6.49. The molecule has 2 N–H and O–H groups in total. The first-order chi connectivity index (χ1) is 9.15. The summed E-state index contributed by atoms with van der Waals surface area (Å²) < 4.78 is 5.28. The van der Waals surface area contributed by atoms with Crippen LogP contribution in [0.15, 0.2) is 16.5 Å². The first kappa shape index (κ1) is 12.2. The smallest absolute Gasteiger partial charge is 0.371 e. The SMILES string of the molecule is O=C(O)c1ccc(CN2CCCC3C(=O)NCC32)o1. The monoisotopic (exact) mass is 264 g/mol. The zero-order chi connectivity index (χ0) is 13.4. The van der Waals surface area contributed by atoms with Crippen LogP contribution in [-0.4, -0.2) is 41.0 Å². The van der Waals surface area contributed by atoms with Crippen molar-refractivity contribution in [3.63, 3.8) is 0 Å². The molecule has 3 rings (SSSR count). The van der Waals surface area contributed by atoms with Crippen molar-refractivity contribution in [1.82, 2.24) is 10.2 Å². The van der Waals surface area contributed by atoms with Crippen LogP contribution in [0.2, 0.25) is 0 Å². The number of hydrogen-bond acceptors (Lipinski definition) is 4. The van der Waals surface area contributed by atoms with E-state index in [1.165, 1.54) is 6.07 Å². The molecule has 2 unspecified atom stereocenters. The van der Waals surface area contributed by atoms with E-state index in [1.54, 1.807) is 6.07 Å². The number of carbonyl (C=O) groups excluding carboxylic acids is 1. The normalized spacial score (nSPS) is 27.1. The lowest BCUT2D eigenvalue weighted by Crippen LogP contribution is -2.44. The Morgan fingerprint density at radius 2 is 2.37 bits per heavy atom. The van der Waals surface area contributed by atoms with E-state index in [2.05, 4.69) is 10.2 Å². The van der Waals surface area contributed by atoms with Crippen molar-refractivity contribution in [2.45, 2.75) is 25.4 Å². The molecule has 6 nitrogen and oxygen atoms in total. The first-order valence-electron chi connectivity index (χ1n) is 6.49. The molecule has 2 atom stereocenters. The lowest BCUT2D eigenvalue weighted by atomic mass is 9.91. The number of nitrogens with one attached hydrogen (secondary N) is 1. The number of likely N-dealkylation sites (tertiary alicyclic amines) is 1. The van der Waals surface area contributed by atoms with Gasteiger partial charge in [-0.1, -0.05) is 0 Å². The minimum Gasteiger partial charge on any atom is -0.475 e. The molecule has 3 heterocycles. The Balaban J connectivity index is 1.71. The maximum absolute atomic E-state index is 11.7. The van der Waals surface area contributed by atoms with Gasteiger partial charge in [-0.15, -0.1) is 0 Å². The van der Waals surface area contributed by atoms with Gasteiger partial charge in [-0.3, -0.25) is 9.69 Å². The van der Waals surface area contributed by atoms with Crippen molar-refractivity contribution < 1.29 is 19.1 Å². The van der Waals surface area contributed by atoms with Gasteiger partial charge in [-0.2, -0.15) is 0 Å². The van der Waals surface area contributed by atoms with Crippen LogP contribution in [0.25, 0.3) is 0 Å². The summed E-state index contributed by atoms with van der Waals surface area (Å²) in [7, 11) is 0. The highest BCUT2D eigenvalue weighted by Gasteiger charge is 2.40. The number of carboxylic acids is 1. The maximum atomic E-state index is 11.7. The van der Waals surface area contributed by atoms with Gasteiger partial charge in [-0.25, -0.2) is 4.79 Å². The molecule has 0 aromatic carbocycles. The molecule has 2 fully saturated rings. The van der Waals surface area contributed by atoms with E-state index in [4.69, 9.17) is 9.52 Å². The number of carboxylic acid groups (broad SMARTS) is 1. The molecule has 2 aliphatic rings. The van der Waals surface area contributed by atoms with Crippen LogP contribution in [0.3, 0.4) is 0 Å². The van der Waals surface area contributed by atoms with Crippen LogP contribution < -0.4 is 5.32 Å². The number of amides is 1. The molecule has 102 valence electrons. The van der Waals surface area contributed by atoms with Crippen LogP contribution in [0.5, 0.6) is 0 Å². The largest absolute Gasteiger partial charge is 0.475 e. The molecule has 1 amide bonds. The van der Waals surface area contributed by atoms with E-state index in [0.29, 0.717) is 18.8 Å². The van der Waals surface area contributed by atoms with E-state index in [1.807, 2.05) is 0 Å². The molecule has 1 aromatic rings. The predicted octanol–water partition coefficient (Wildman–Crippen LogP) is 0.688.